The second-order valence-electron chi connectivity index (χ2n) is 12.6. The van der Waals surface area contributed by atoms with Crippen LogP contribution in [0.4, 0.5) is 0 Å². The van der Waals surface area contributed by atoms with Crippen LogP contribution in [0.2, 0.25) is 0 Å². The largest absolute Gasteiger partial charge is 0.494 e. The maximum atomic E-state index is 6.53. The zero-order valence-electron chi connectivity index (χ0n) is 24.3. The van der Waals surface area contributed by atoms with E-state index in [1.165, 1.54) is 43.2 Å². The summed E-state index contributed by atoms with van der Waals surface area (Å²) in [5, 5.41) is 0. The molecule has 0 aromatic heterocycles. The minimum Gasteiger partial charge on any atom is -0.399 e. The van der Waals surface area contributed by atoms with Gasteiger partial charge in [0.15, 0.2) is 0 Å². The molecule has 0 saturated carbocycles. The van der Waals surface area contributed by atoms with Crippen molar-refractivity contribution in [3.63, 3.8) is 0 Å². The first-order valence-electron chi connectivity index (χ1n) is 14.6. The summed E-state index contributed by atoms with van der Waals surface area (Å²) in [5.41, 5.74) is 10.4. The Morgan fingerprint density at radius 3 is 1.81 bits per heavy atom. The predicted octanol–water partition coefficient (Wildman–Crippen LogP) is 7.27. The molecule has 2 radical (unpaired) electrons. The van der Waals surface area contributed by atoms with E-state index in [9.17, 15) is 0 Å². The highest BCUT2D eigenvalue weighted by Crippen LogP contribution is 2.62. The predicted molar refractivity (Wildman–Crippen MR) is 174 cm³/mol. The number of benzene rings is 5. The van der Waals surface area contributed by atoms with Gasteiger partial charge in [-0.1, -0.05) is 108 Å². The Bertz CT molecular complexity index is 1850. The molecule has 0 atom stereocenters. The maximum Gasteiger partial charge on any atom is 0.494 e. The van der Waals surface area contributed by atoms with Crippen LogP contribution in [0.15, 0.2) is 119 Å². The van der Waals surface area contributed by atoms with E-state index in [1.807, 2.05) is 17.8 Å². The Morgan fingerprint density at radius 2 is 1.14 bits per heavy atom. The smallest absolute Gasteiger partial charge is 0.399 e. The van der Waals surface area contributed by atoms with Gasteiger partial charge in [-0.25, -0.2) is 0 Å². The minimum atomic E-state index is -0.476. The highest BCUT2D eigenvalue weighted by Gasteiger charge is 2.52. The molecule has 2 aliphatic heterocycles. The molecule has 3 aliphatic rings. The summed E-state index contributed by atoms with van der Waals surface area (Å²) >= 11 is 1.87. The van der Waals surface area contributed by atoms with E-state index in [-0.39, 0.29) is 0 Å². The lowest BCUT2D eigenvalue weighted by Crippen LogP contribution is -2.41. The molecular formula is C37H30B2O2S. The average Bonchev–Trinajstić information content (AvgIpc) is 3.39. The lowest BCUT2D eigenvalue weighted by atomic mass is 9.67. The molecule has 42 heavy (non-hydrogen) atoms. The monoisotopic (exact) mass is 560 g/mol. The van der Waals surface area contributed by atoms with Crippen LogP contribution < -0.4 is 10.9 Å². The molecule has 0 unspecified atom stereocenters. The van der Waals surface area contributed by atoms with E-state index in [0.717, 1.165) is 16.6 Å². The van der Waals surface area contributed by atoms with Crippen molar-refractivity contribution in [3.05, 3.63) is 131 Å². The Kier molecular flexibility index (Phi) is 5.60. The summed E-state index contributed by atoms with van der Waals surface area (Å²) in [6.07, 6.45) is 0. The Morgan fingerprint density at radius 1 is 0.571 bits per heavy atom. The van der Waals surface area contributed by atoms with Crippen LogP contribution in [0.5, 0.6) is 0 Å². The van der Waals surface area contributed by atoms with E-state index in [0.29, 0.717) is 5.46 Å². The molecule has 1 saturated heterocycles. The summed E-state index contributed by atoms with van der Waals surface area (Å²) in [7, 11) is 6.05. The Labute approximate surface area is 254 Å². The van der Waals surface area contributed by atoms with Gasteiger partial charge in [-0.3, -0.25) is 0 Å². The summed E-state index contributed by atoms with van der Waals surface area (Å²) in [6, 6.07) is 39.8. The molecule has 5 heteroatoms. The first kappa shape index (κ1) is 26.2. The van der Waals surface area contributed by atoms with Crippen molar-refractivity contribution in [2.45, 2.75) is 54.1 Å². The standard InChI is InChI=1S/C37H30B2O2S/c1-35(2)36(3,4)41-39(40-35)26-20-24(19-25(38)22-26)23-17-18-28-27-11-5-6-12-29(27)37(32(28)21-23)30-13-7-9-15-33(30)42-34-16-10-8-14-31(34)37/h5-22H,1-4H3. The lowest BCUT2D eigenvalue weighted by molar-refractivity contribution is 0.00578. The average molecular weight is 560 g/mol. The molecule has 1 spiro atoms. The van der Waals surface area contributed by atoms with E-state index in [4.69, 9.17) is 17.2 Å². The topological polar surface area (TPSA) is 18.5 Å². The molecule has 1 fully saturated rings. The summed E-state index contributed by atoms with van der Waals surface area (Å²) < 4.78 is 12.8. The number of rotatable bonds is 2. The normalized spacial score (nSPS) is 18.3. The number of hydrogen-bond donors (Lipinski definition) is 0. The van der Waals surface area contributed by atoms with Gasteiger partial charge in [0.05, 0.1) is 16.6 Å². The fourth-order valence-corrected chi connectivity index (χ4v) is 8.18. The molecule has 0 N–H and O–H groups in total. The van der Waals surface area contributed by atoms with E-state index in [1.54, 1.807) is 0 Å². The molecule has 2 nitrogen and oxygen atoms in total. The van der Waals surface area contributed by atoms with Crippen molar-refractivity contribution in [3.8, 4) is 22.3 Å². The SMILES string of the molecule is [B]c1cc(B2OC(C)(C)C(C)(C)O2)cc(-c2ccc3c(c2)C2(c4ccccc4Sc4ccccc42)c2ccccc2-3)c1. The number of fused-ring (bicyclic) bond motifs is 9. The quantitative estimate of drug-likeness (QED) is 0.207. The molecule has 5 aromatic carbocycles. The van der Waals surface area contributed by atoms with Gasteiger partial charge in [-0.15, -0.1) is 0 Å². The van der Waals surface area contributed by atoms with Gasteiger partial charge >= 0.3 is 7.12 Å². The van der Waals surface area contributed by atoms with Crippen LogP contribution in [0.3, 0.4) is 0 Å². The molecule has 0 bridgehead atoms. The summed E-state index contributed by atoms with van der Waals surface area (Å²) in [4.78, 5) is 2.60. The van der Waals surface area contributed by atoms with Crippen LogP contribution in [-0.4, -0.2) is 26.2 Å². The van der Waals surface area contributed by atoms with Gasteiger partial charge < -0.3 is 9.31 Å². The Balaban J connectivity index is 1.35. The van der Waals surface area contributed by atoms with Gasteiger partial charge in [0.2, 0.25) is 0 Å². The van der Waals surface area contributed by atoms with E-state index in [2.05, 4.69) is 131 Å². The maximum absolute atomic E-state index is 6.53. The summed E-state index contributed by atoms with van der Waals surface area (Å²) in [6.45, 7) is 8.32. The fraction of sp³-hybridized carbons (Fsp3) is 0.189. The van der Waals surface area contributed by atoms with Crippen molar-refractivity contribution < 1.29 is 9.31 Å². The molecule has 8 rings (SSSR count). The fourth-order valence-electron chi connectivity index (χ4n) is 6.99. The van der Waals surface area contributed by atoms with Gasteiger partial charge in [-0.2, -0.15) is 0 Å². The molecule has 1 aliphatic carbocycles. The summed E-state index contributed by atoms with van der Waals surface area (Å²) in [5.74, 6) is 0. The molecule has 2 heterocycles. The van der Waals surface area contributed by atoms with Crippen molar-refractivity contribution >= 4 is 37.7 Å². The van der Waals surface area contributed by atoms with Crippen molar-refractivity contribution in [2.24, 2.45) is 0 Å². The van der Waals surface area contributed by atoms with Gasteiger partial charge in [0.25, 0.3) is 0 Å². The first-order valence-corrected chi connectivity index (χ1v) is 15.4. The number of hydrogen-bond acceptors (Lipinski definition) is 3. The minimum absolute atomic E-state index is 0.407. The van der Waals surface area contributed by atoms with Gasteiger partial charge in [0, 0.05) is 9.79 Å². The third-order valence-electron chi connectivity index (χ3n) is 9.68. The van der Waals surface area contributed by atoms with E-state index < -0.39 is 23.7 Å². The molecule has 5 aromatic rings. The van der Waals surface area contributed by atoms with E-state index >= 15 is 0 Å². The van der Waals surface area contributed by atoms with Crippen LogP contribution in [-0.2, 0) is 14.7 Å². The third-order valence-corrected chi connectivity index (χ3v) is 10.8. The molecule has 202 valence electrons. The highest BCUT2D eigenvalue weighted by molar-refractivity contribution is 7.99. The van der Waals surface area contributed by atoms with Gasteiger partial charge in [-0.05, 0) is 95.9 Å². The van der Waals surface area contributed by atoms with Crippen LogP contribution in [0, 0.1) is 0 Å². The zero-order valence-corrected chi connectivity index (χ0v) is 25.1. The molecule has 0 amide bonds. The molecular weight excluding hydrogens is 530 g/mol. The lowest BCUT2D eigenvalue weighted by Gasteiger charge is -2.39. The van der Waals surface area contributed by atoms with Crippen LogP contribution in [0.1, 0.15) is 49.9 Å². The van der Waals surface area contributed by atoms with Crippen molar-refractivity contribution in [1.82, 2.24) is 0 Å². The first-order chi connectivity index (χ1) is 20.2. The van der Waals surface area contributed by atoms with Crippen molar-refractivity contribution in [1.29, 1.82) is 0 Å². The van der Waals surface area contributed by atoms with Crippen LogP contribution in [0.25, 0.3) is 22.3 Å². The second kappa shape index (κ2) is 9.00. The van der Waals surface area contributed by atoms with Crippen molar-refractivity contribution in [2.75, 3.05) is 0 Å². The third kappa shape index (κ3) is 3.57. The highest BCUT2D eigenvalue weighted by atomic mass is 32.2. The second-order valence-corrected chi connectivity index (χ2v) is 13.7. The Hall–Kier alpha value is -3.50. The zero-order chi connectivity index (χ0) is 28.9. The van der Waals surface area contributed by atoms with Gasteiger partial charge in [0.1, 0.15) is 7.85 Å². The van der Waals surface area contributed by atoms with Crippen LogP contribution >= 0.6 is 11.8 Å².